The molecule has 32 heavy (non-hydrogen) atoms. The third-order valence-electron chi connectivity index (χ3n) is 6.58. The molecule has 2 aromatic carbocycles. The van der Waals surface area contributed by atoms with E-state index in [4.69, 9.17) is 4.74 Å². The lowest BCUT2D eigenvalue weighted by molar-refractivity contribution is -0.130. The summed E-state index contributed by atoms with van der Waals surface area (Å²) in [6.45, 7) is 8.92. The molecule has 3 rings (SSSR count). The summed E-state index contributed by atoms with van der Waals surface area (Å²) in [4.78, 5) is 30.6. The molecular weight excluding hydrogens is 402 g/mol. The van der Waals surface area contributed by atoms with Gasteiger partial charge in [-0.25, -0.2) is 0 Å². The highest BCUT2D eigenvalue weighted by Crippen LogP contribution is 2.31. The zero-order valence-electron chi connectivity index (χ0n) is 19.6. The fraction of sp³-hybridized carbons (Fsp3) is 0.462. The molecule has 6 nitrogen and oxygen atoms in total. The summed E-state index contributed by atoms with van der Waals surface area (Å²) >= 11 is 0. The predicted octanol–water partition coefficient (Wildman–Crippen LogP) is 3.89. The van der Waals surface area contributed by atoms with Crippen LogP contribution in [0.1, 0.15) is 55.6 Å². The summed E-state index contributed by atoms with van der Waals surface area (Å²) in [6.07, 6.45) is 1.48. The Kier molecular flexibility index (Phi) is 7.91. The quantitative estimate of drug-likeness (QED) is 0.647. The fourth-order valence-electron chi connectivity index (χ4n) is 4.61. The molecule has 0 spiro atoms. The van der Waals surface area contributed by atoms with Crippen molar-refractivity contribution in [1.29, 1.82) is 0 Å². The summed E-state index contributed by atoms with van der Waals surface area (Å²) in [6, 6.07) is 17.2. The van der Waals surface area contributed by atoms with Gasteiger partial charge in [-0.05, 0) is 62.7 Å². The molecule has 1 fully saturated rings. The summed E-state index contributed by atoms with van der Waals surface area (Å²) in [5, 5.41) is 3.17. The third kappa shape index (κ3) is 4.96. The molecule has 0 saturated carbocycles. The van der Waals surface area contributed by atoms with Gasteiger partial charge in [-0.3, -0.25) is 14.5 Å². The molecule has 2 aromatic rings. The predicted molar refractivity (Wildman–Crippen MR) is 127 cm³/mol. The van der Waals surface area contributed by atoms with E-state index >= 15 is 0 Å². The van der Waals surface area contributed by atoms with Gasteiger partial charge in [0, 0.05) is 18.7 Å². The van der Waals surface area contributed by atoms with Crippen molar-refractivity contribution in [3.63, 3.8) is 0 Å². The fourth-order valence-corrected chi connectivity index (χ4v) is 4.61. The highest BCUT2D eigenvalue weighted by atomic mass is 16.5. The highest BCUT2D eigenvalue weighted by molar-refractivity contribution is 5.99. The average Bonchev–Trinajstić information content (AvgIpc) is 3.24. The SMILES string of the molecule is CCN(CC)C(CNC(=O)C1(C)CCCN1C(=O)c1ccccc1)c1cccc(OC)c1. The van der Waals surface area contributed by atoms with Crippen LogP contribution in [0.2, 0.25) is 0 Å². The van der Waals surface area contributed by atoms with Gasteiger partial charge in [0.1, 0.15) is 11.3 Å². The van der Waals surface area contributed by atoms with E-state index in [0.717, 1.165) is 30.8 Å². The van der Waals surface area contributed by atoms with Crippen LogP contribution in [0.4, 0.5) is 0 Å². The normalized spacial score (nSPS) is 19.1. The number of hydrogen-bond acceptors (Lipinski definition) is 4. The highest BCUT2D eigenvalue weighted by Gasteiger charge is 2.46. The summed E-state index contributed by atoms with van der Waals surface area (Å²) in [5.41, 5.74) is 0.864. The molecule has 2 unspecified atom stereocenters. The van der Waals surface area contributed by atoms with E-state index in [1.165, 1.54) is 0 Å². The number of amides is 2. The third-order valence-corrected chi connectivity index (χ3v) is 6.58. The standard InChI is InChI=1S/C26H35N3O3/c1-5-28(6-2)23(21-14-10-15-22(18-21)32-4)19-27-25(31)26(3)16-11-17-29(26)24(30)20-12-8-7-9-13-20/h7-10,12-15,18,23H,5-6,11,16-17,19H2,1-4H3,(H,27,31). The number of benzene rings is 2. The average molecular weight is 438 g/mol. The first-order valence-corrected chi connectivity index (χ1v) is 11.5. The first-order chi connectivity index (χ1) is 15.4. The van der Waals surface area contributed by atoms with Crippen molar-refractivity contribution in [3.05, 3.63) is 65.7 Å². The summed E-state index contributed by atoms with van der Waals surface area (Å²) in [7, 11) is 1.66. The summed E-state index contributed by atoms with van der Waals surface area (Å²) in [5.74, 6) is 0.613. The lowest BCUT2D eigenvalue weighted by Gasteiger charge is -2.36. The molecule has 0 radical (unpaired) electrons. The van der Waals surface area contributed by atoms with E-state index in [9.17, 15) is 9.59 Å². The number of carbonyl (C=O) groups is 2. The van der Waals surface area contributed by atoms with Gasteiger partial charge in [0.05, 0.1) is 13.2 Å². The molecule has 2 amide bonds. The Labute approximate surface area is 191 Å². The van der Waals surface area contributed by atoms with Crippen molar-refractivity contribution < 1.29 is 14.3 Å². The van der Waals surface area contributed by atoms with Crippen molar-refractivity contribution in [2.24, 2.45) is 0 Å². The van der Waals surface area contributed by atoms with Crippen LogP contribution >= 0.6 is 0 Å². The van der Waals surface area contributed by atoms with Crippen molar-refractivity contribution in [2.45, 2.75) is 45.2 Å². The van der Waals surface area contributed by atoms with E-state index in [2.05, 4.69) is 30.1 Å². The number of likely N-dealkylation sites (tertiary alicyclic amines) is 1. The molecule has 1 aliphatic heterocycles. The van der Waals surface area contributed by atoms with E-state index < -0.39 is 5.54 Å². The van der Waals surface area contributed by atoms with Gasteiger partial charge >= 0.3 is 0 Å². The smallest absolute Gasteiger partial charge is 0.254 e. The number of carbonyl (C=O) groups excluding carboxylic acids is 2. The number of nitrogens with zero attached hydrogens (tertiary/aromatic N) is 2. The van der Waals surface area contributed by atoms with Crippen LogP contribution in [-0.4, -0.2) is 60.4 Å². The van der Waals surface area contributed by atoms with Crippen molar-refractivity contribution in [1.82, 2.24) is 15.1 Å². The van der Waals surface area contributed by atoms with Gasteiger partial charge < -0.3 is 15.0 Å². The van der Waals surface area contributed by atoms with Crippen LogP contribution in [-0.2, 0) is 4.79 Å². The molecular formula is C26H35N3O3. The van der Waals surface area contributed by atoms with Crippen LogP contribution < -0.4 is 10.1 Å². The Morgan fingerprint density at radius 1 is 1.12 bits per heavy atom. The van der Waals surface area contributed by atoms with E-state index in [-0.39, 0.29) is 17.9 Å². The Morgan fingerprint density at radius 3 is 2.50 bits per heavy atom. The second-order valence-corrected chi connectivity index (χ2v) is 8.42. The van der Waals surface area contributed by atoms with Crippen LogP contribution in [0.25, 0.3) is 0 Å². The van der Waals surface area contributed by atoms with E-state index in [1.54, 1.807) is 24.1 Å². The Morgan fingerprint density at radius 2 is 1.84 bits per heavy atom. The molecule has 0 aliphatic carbocycles. The number of likely N-dealkylation sites (N-methyl/N-ethyl adjacent to an activating group) is 1. The van der Waals surface area contributed by atoms with Gasteiger partial charge in [-0.2, -0.15) is 0 Å². The molecule has 1 N–H and O–H groups in total. The van der Waals surface area contributed by atoms with Gasteiger partial charge in [-0.1, -0.05) is 44.2 Å². The maximum atomic E-state index is 13.4. The maximum Gasteiger partial charge on any atom is 0.254 e. The van der Waals surface area contributed by atoms with Gasteiger partial charge in [0.2, 0.25) is 5.91 Å². The number of methoxy groups -OCH3 is 1. The molecule has 172 valence electrons. The van der Waals surface area contributed by atoms with Crippen molar-refractivity contribution in [3.8, 4) is 5.75 Å². The largest absolute Gasteiger partial charge is 0.497 e. The molecule has 2 atom stereocenters. The lowest BCUT2D eigenvalue weighted by atomic mass is 9.96. The zero-order chi connectivity index (χ0) is 23.1. The number of hydrogen-bond donors (Lipinski definition) is 1. The molecule has 1 aliphatic rings. The Bertz CT molecular complexity index is 914. The van der Waals surface area contributed by atoms with Crippen LogP contribution in [0.15, 0.2) is 54.6 Å². The Hall–Kier alpha value is -2.86. The molecule has 6 heteroatoms. The summed E-state index contributed by atoms with van der Waals surface area (Å²) < 4.78 is 5.41. The van der Waals surface area contributed by atoms with Crippen LogP contribution in [0.5, 0.6) is 5.75 Å². The first-order valence-electron chi connectivity index (χ1n) is 11.5. The minimum atomic E-state index is -0.852. The van der Waals surface area contributed by atoms with Gasteiger partial charge in [0.15, 0.2) is 0 Å². The molecule has 0 bridgehead atoms. The second-order valence-electron chi connectivity index (χ2n) is 8.42. The molecule has 1 heterocycles. The monoisotopic (exact) mass is 437 g/mol. The first kappa shape index (κ1) is 23.8. The van der Waals surface area contributed by atoms with E-state index in [1.807, 2.05) is 43.3 Å². The van der Waals surface area contributed by atoms with Crippen molar-refractivity contribution in [2.75, 3.05) is 33.3 Å². The van der Waals surface area contributed by atoms with Gasteiger partial charge in [0.25, 0.3) is 5.91 Å². The molecule has 0 aromatic heterocycles. The zero-order valence-corrected chi connectivity index (χ0v) is 19.6. The van der Waals surface area contributed by atoms with Gasteiger partial charge in [-0.15, -0.1) is 0 Å². The molecule has 1 saturated heterocycles. The lowest BCUT2D eigenvalue weighted by Crippen LogP contribution is -2.56. The van der Waals surface area contributed by atoms with E-state index in [0.29, 0.717) is 25.1 Å². The number of rotatable bonds is 9. The van der Waals surface area contributed by atoms with Crippen molar-refractivity contribution >= 4 is 11.8 Å². The maximum absolute atomic E-state index is 13.4. The second kappa shape index (κ2) is 10.6. The minimum Gasteiger partial charge on any atom is -0.497 e. The Balaban J connectivity index is 1.77. The topological polar surface area (TPSA) is 61.9 Å². The minimum absolute atomic E-state index is 0.0207. The number of ether oxygens (including phenoxy) is 1. The van der Waals surface area contributed by atoms with Crippen LogP contribution in [0, 0.1) is 0 Å². The number of nitrogens with one attached hydrogen (secondary N) is 1. The van der Waals surface area contributed by atoms with Crippen LogP contribution in [0.3, 0.4) is 0 Å².